The van der Waals surface area contributed by atoms with Crippen molar-refractivity contribution in [3.8, 4) is 5.75 Å². The first-order valence-corrected chi connectivity index (χ1v) is 4.98. The number of hydrogen-bond donors (Lipinski definition) is 2. The first-order chi connectivity index (χ1) is 6.42. The summed E-state index contributed by atoms with van der Waals surface area (Å²) in [5.74, 6) is 0.729. The van der Waals surface area contributed by atoms with Crippen LogP contribution in [0.5, 0.6) is 5.75 Å². The minimum atomic E-state index is -0.214. The standard InChI is InChI=1S/C12H19NO/c1-9(2)12(3,13)8-10-5-4-6-11(14)7-10/h4-7,9,14H,8,13H2,1-3H3. The van der Waals surface area contributed by atoms with Gasteiger partial charge in [-0.2, -0.15) is 0 Å². The van der Waals surface area contributed by atoms with Gasteiger partial charge >= 0.3 is 0 Å². The summed E-state index contributed by atoms with van der Waals surface area (Å²) in [6, 6.07) is 7.29. The molecule has 0 saturated heterocycles. The summed E-state index contributed by atoms with van der Waals surface area (Å²) in [6.07, 6.45) is 0.791. The lowest BCUT2D eigenvalue weighted by molar-refractivity contribution is 0.337. The van der Waals surface area contributed by atoms with Crippen LogP contribution in [0, 0.1) is 5.92 Å². The van der Waals surface area contributed by atoms with Gasteiger partial charge in [-0.15, -0.1) is 0 Å². The summed E-state index contributed by atoms with van der Waals surface area (Å²) < 4.78 is 0. The second-order valence-electron chi connectivity index (χ2n) is 4.51. The van der Waals surface area contributed by atoms with E-state index < -0.39 is 0 Å². The lowest BCUT2D eigenvalue weighted by Gasteiger charge is -2.29. The molecule has 2 heteroatoms. The Labute approximate surface area is 85.8 Å². The van der Waals surface area contributed by atoms with Gasteiger partial charge < -0.3 is 10.8 Å². The molecule has 0 aliphatic heterocycles. The fourth-order valence-electron chi connectivity index (χ4n) is 1.31. The maximum Gasteiger partial charge on any atom is 0.115 e. The normalized spacial score (nSPS) is 15.5. The van der Waals surface area contributed by atoms with E-state index in [1.54, 1.807) is 12.1 Å². The van der Waals surface area contributed by atoms with E-state index in [-0.39, 0.29) is 5.54 Å². The van der Waals surface area contributed by atoms with Gasteiger partial charge in [0.2, 0.25) is 0 Å². The Hall–Kier alpha value is -1.02. The number of phenolic OH excluding ortho intramolecular Hbond substituents is 1. The van der Waals surface area contributed by atoms with Crippen LogP contribution in [-0.2, 0) is 6.42 Å². The average Bonchev–Trinajstić information content (AvgIpc) is 2.02. The molecule has 0 spiro atoms. The molecule has 0 fully saturated rings. The maximum atomic E-state index is 9.31. The van der Waals surface area contributed by atoms with E-state index in [1.165, 1.54) is 0 Å². The van der Waals surface area contributed by atoms with Crippen LogP contribution in [0.25, 0.3) is 0 Å². The highest BCUT2D eigenvalue weighted by atomic mass is 16.3. The monoisotopic (exact) mass is 193 g/mol. The number of aromatic hydroxyl groups is 1. The van der Waals surface area contributed by atoms with Gasteiger partial charge in [-0.05, 0) is 37.0 Å². The van der Waals surface area contributed by atoms with Crippen LogP contribution in [0.15, 0.2) is 24.3 Å². The zero-order chi connectivity index (χ0) is 10.8. The van der Waals surface area contributed by atoms with Crippen molar-refractivity contribution in [2.75, 3.05) is 0 Å². The van der Waals surface area contributed by atoms with E-state index in [9.17, 15) is 5.11 Å². The van der Waals surface area contributed by atoms with Crippen molar-refractivity contribution in [3.63, 3.8) is 0 Å². The zero-order valence-corrected chi connectivity index (χ0v) is 9.12. The Morgan fingerprint density at radius 2 is 2.07 bits per heavy atom. The Balaban J connectivity index is 2.78. The third-order valence-electron chi connectivity index (χ3n) is 2.81. The minimum absolute atomic E-state index is 0.214. The Kier molecular flexibility index (Phi) is 3.17. The Morgan fingerprint density at radius 3 is 2.57 bits per heavy atom. The van der Waals surface area contributed by atoms with Gasteiger partial charge in [-0.1, -0.05) is 26.0 Å². The molecule has 1 aromatic carbocycles. The first kappa shape index (κ1) is 11.1. The highest BCUT2D eigenvalue weighted by Crippen LogP contribution is 2.21. The number of rotatable bonds is 3. The number of hydrogen-bond acceptors (Lipinski definition) is 2. The van der Waals surface area contributed by atoms with Gasteiger partial charge in [0.15, 0.2) is 0 Å². The van der Waals surface area contributed by atoms with Crippen molar-refractivity contribution in [1.29, 1.82) is 0 Å². The van der Waals surface area contributed by atoms with Crippen LogP contribution in [0.4, 0.5) is 0 Å². The molecule has 1 atom stereocenters. The molecular formula is C12H19NO. The van der Waals surface area contributed by atoms with E-state index in [2.05, 4.69) is 13.8 Å². The van der Waals surface area contributed by atoms with Gasteiger partial charge in [0, 0.05) is 5.54 Å². The van der Waals surface area contributed by atoms with Gasteiger partial charge in [-0.3, -0.25) is 0 Å². The number of benzene rings is 1. The topological polar surface area (TPSA) is 46.2 Å². The molecule has 14 heavy (non-hydrogen) atoms. The smallest absolute Gasteiger partial charge is 0.115 e. The second-order valence-corrected chi connectivity index (χ2v) is 4.51. The molecule has 0 bridgehead atoms. The zero-order valence-electron chi connectivity index (χ0n) is 9.12. The molecule has 0 aromatic heterocycles. The van der Waals surface area contributed by atoms with Gasteiger partial charge in [0.05, 0.1) is 0 Å². The summed E-state index contributed by atoms with van der Waals surface area (Å²) in [4.78, 5) is 0. The SMILES string of the molecule is CC(C)C(C)(N)Cc1cccc(O)c1. The fourth-order valence-corrected chi connectivity index (χ4v) is 1.31. The van der Waals surface area contributed by atoms with Gasteiger partial charge in [0.25, 0.3) is 0 Å². The van der Waals surface area contributed by atoms with E-state index in [0.29, 0.717) is 11.7 Å². The van der Waals surface area contributed by atoms with Crippen LogP contribution in [0.1, 0.15) is 26.3 Å². The summed E-state index contributed by atoms with van der Waals surface area (Å²) in [5, 5.41) is 9.31. The Bertz CT molecular complexity index is 305. The molecule has 1 rings (SSSR count). The van der Waals surface area contributed by atoms with Crippen LogP contribution >= 0.6 is 0 Å². The first-order valence-electron chi connectivity index (χ1n) is 4.98. The van der Waals surface area contributed by atoms with Crippen molar-refractivity contribution in [2.45, 2.75) is 32.7 Å². The van der Waals surface area contributed by atoms with E-state index in [0.717, 1.165) is 12.0 Å². The van der Waals surface area contributed by atoms with Crippen molar-refractivity contribution >= 4 is 0 Å². The highest BCUT2D eigenvalue weighted by Gasteiger charge is 2.23. The molecule has 2 nitrogen and oxygen atoms in total. The average molecular weight is 193 g/mol. The molecule has 0 heterocycles. The molecule has 0 radical (unpaired) electrons. The predicted octanol–water partition coefficient (Wildman–Crippen LogP) is 2.31. The van der Waals surface area contributed by atoms with Crippen molar-refractivity contribution in [1.82, 2.24) is 0 Å². The molecule has 0 saturated carbocycles. The largest absolute Gasteiger partial charge is 0.508 e. The predicted molar refractivity (Wildman–Crippen MR) is 59.2 cm³/mol. The summed E-state index contributed by atoms with van der Waals surface area (Å²) in [5.41, 5.74) is 7.03. The molecule has 78 valence electrons. The molecule has 0 aliphatic rings. The highest BCUT2D eigenvalue weighted by molar-refractivity contribution is 5.28. The Morgan fingerprint density at radius 1 is 1.43 bits per heavy atom. The van der Waals surface area contributed by atoms with Crippen molar-refractivity contribution in [3.05, 3.63) is 29.8 Å². The van der Waals surface area contributed by atoms with Crippen molar-refractivity contribution < 1.29 is 5.11 Å². The van der Waals surface area contributed by atoms with Crippen molar-refractivity contribution in [2.24, 2.45) is 11.7 Å². The lowest BCUT2D eigenvalue weighted by atomic mass is 9.84. The van der Waals surface area contributed by atoms with E-state index in [1.807, 2.05) is 19.1 Å². The van der Waals surface area contributed by atoms with E-state index in [4.69, 9.17) is 5.73 Å². The molecule has 1 unspecified atom stereocenters. The summed E-state index contributed by atoms with van der Waals surface area (Å²) >= 11 is 0. The van der Waals surface area contributed by atoms with E-state index >= 15 is 0 Å². The second kappa shape index (κ2) is 4.01. The lowest BCUT2D eigenvalue weighted by Crippen LogP contribution is -2.43. The third kappa shape index (κ3) is 2.74. The van der Waals surface area contributed by atoms with Crippen LogP contribution in [0.3, 0.4) is 0 Å². The molecule has 0 aliphatic carbocycles. The molecular weight excluding hydrogens is 174 g/mol. The third-order valence-corrected chi connectivity index (χ3v) is 2.81. The molecule has 1 aromatic rings. The molecule has 3 N–H and O–H groups in total. The summed E-state index contributed by atoms with van der Waals surface area (Å²) in [6.45, 7) is 6.27. The quantitative estimate of drug-likeness (QED) is 0.773. The van der Waals surface area contributed by atoms with Crippen LogP contribution in [0.2, 0.25) is 0 Å². The number of phenols is 1. The van der Waals surface area contributed by atoms with Crippen LogP contribution < -0.4 is 5.73 Å². The number of nitrogens with two attached hydrogens (primary N) is 1. The van der Waals surface area contributed by atoms with Crippen LogP contribution in [-0.4, -0.2) is 10.6 Å². The fraction of sp³-hybridized carbons (Fsp3) is 0.500. The van der Waals surface area contributed by atoms with Gasteiger partial charge in [-0.25, -0.2) is 0 Å². The molecule has 0 amide bonds. The maximum absolute atomic E-state index is 9.31. The minimum Gasteiger partial charge on any atom is -0.508 e. The van der Waals surface area contributed by atoms with Gasteiger partial charge in [0.1, 0.15) is 5.75 Å². The summed E-state index contributed by atoms with van der Waals surface area (Å²) in [7, 11) is 0.